The number of fused-ring (bicyclic) bond motifs is 7. The number of carbonyl (C=O) groups is 2. The van der Waals surface area contributed by atoms with Gasteiger partial charge < -0.3 is 4.74 Å². The van der Waals surface area contributed by atoms with Crippen LogP contribution in [0.15, 0.2) is 11.6 Å². The zero-order valence-electron chi connectivity index (χ0n) is 25.5. The Labute approximate surface area is 231 Å². The third-order valence-electron chi connectivity index (χ3n) is 14.0. The average molecular weight is 528 g/mol. The molecule has 0 radical (unpaired) electrons. The van der Waals surface area contributed by atoms with Crippen molar-refractivity contribution >= 4 is 11.9 Å². The summed E-state index contributed by atoms with van der Waals surface area (Å²) in [5.74, 6) is 2.05. The van der Waals surface area contributed by atoms with Crippen molar-refractivity contribution in [3.05, 3.63) is 11.6 Å². The van der Waals surface area contributed by atoms with Crippen LogP contribution < -0.4 is 0 Å². The van der Waals surface area contributed by atoms with Crippen LogP contribution in [-0.2, 0) is 14.3 Å². The second-order valence-corrected chi connectivity index (χ2v) is 15.6. The predicted molar refractivity (Wildman–Crippen MR) is 149 cm³/mol. The molecule has 5 aliphatic rings. The topological polar surface area (TPSA) is 66.8 Å². The van der Waals surface area contributed by atoms with Gasteiger partial charge in [0.2, 0.25) is 0 Å². The van der Waals surface area contributed by atoms with Crippen LogP contribution in [0.5, 0.6) is 0 Å². The Hall–Kier alpha value is -1.36. The Bertz CT molecular complexity index is 1030. The molecule has 0 bridgehead atoms. The summed E-state index contributed by atoms with van der Waals surface area (Å²) in [7, 11) is 1.52. The molecule has 38 heavy (non-hydrogen) atoms. The molecular weight excluding hydrogens is 474 g/mol. The van der Waals surface area contributed by atoms with Crippen molar-refractivity contribution in [1.29, 1.82) is 0 Å². The smallest absolute Gasteiger partial charge is 0.302 e. The molecule has 214 valence electrons. The number of nitrogens with zero attached hydrogens (tertiary/aromatic N) is 1. The Balaban J connectivity index is 1.57. The average Bonchev–Trinajstić information content (AvgIpc) is 2.83. The van der Waals surface area contributed by atoms with Gasteiger partial charge in [-0.25, -0.2) is 5.06 Å². The van der Waals surface area contributed by atoms with E-state index < -0.39 is 5.41 Å². The van der Waals surface area contributed by atoms with Gasteiger partial charge in [0.1, 0.15) is 6.10 Å². The molecule has 1 amide bonds. The molecule has 0 aromatic carbocycles. The lowest BCUT2D eigenvalue weighted by Gasteiger charge is -2.71. The van der Waals surface area contributed by atoms with Crippen LogP contribution in [0.25, 0.3) is 0 Å². The van der Waals surface area contributed by atoms with Crippen LogP contribution in [-0.4, -0.2) is 35.3 Å². The highest BCUT2D eigenvalue weighted by atomic mass is 16.5. The molecule has 0 aromatic rings. The molecule has 0 unspecified atom stereocenters. The van der Waals surface area contributed by atoms with Gasteiger partial charge in [-0.15, -0.1) is 0 Å². The Morgan fingerprint density at radius 1 is 0.947 bits per heavy atom. The molecule has 1 N–H and O–H groups in total. The Morgan fingerprint density at radius 3 is 2.26 bits per heavy atom. The quantitative estimate of drug-likeness (QED) is 0.176. The fourth-order valence-electron chi connectivity index (χ4n) is 11.6. The molecule has 0 aromatic heterocycles. The first-order valence-electron chi connectivity index (χ1n) is 15.4. The van der Waals surface area contributed by atoms with E-state index in [0.717, 1.165) is 56.4 Å². The second-order valence-electron chi connectivity index (χ2n) is 15.6. The summed E-state index contributed by atoms with van der Waals surface area (Å²) < 4.78 is 5.89. The SMILES string of the molecule is CC(=O)O[C@H]1CC[C@]2(C)[C@H]3CC=C4[C@@H]5[C@@H](C)[C@H](C)CC[C@]5(C(=O)N(C)O)CC[C@@]4(C)[C@]3(C)CC[C@H]2C1(C)C. The lowest BCUT2D eigenvalue weighted by molar-refractivity contribution is -0.215. The van der Waals surface area contributed by atoms with Crippen LogP contribution in [0.1, 0.15) is 113 Å². The van der Waals surface area contributed by atoms with Crippen molar-refractivity contribution in [3.8, 4) is 0 Å². The van der Waals surface area contributed by atoms with Gasteiger partial charge in [0.15, 0.2) is 0 Å². The maximum atomic E-state index is 13.7. The number of ether oxygens (including phenoxy) is 1. The van der Waals surface area contributed by atoms with E-state index in [1.165, 1.54) is 19.0 Å². The van der Waals surface area contributed by atoms with Gasteiger partial charge in [0.25, 0.3) is 5.91 Å². The van der Waals surface area contributed by atoms with Crippen molar-refractivity contribution in [2.24, 2.45) is 56.7 Å². The van der Waals surface area contributed by atoms with E-state index >= 15 is 0 Å². The zero-order valence-corrected chi connectivity index (χ0v) is 25.5. The van der Waals surface area contributed by atoms with Crippen LogP contribution >= 0.6 is 0 Å². The molecule has 10 atom stereocenters. The summed E-state index contributed by atoms with van der Waals surface area (Å²) in [6.45, 7) is 18.6. The molecule has 0 aliphatic heterocycles. The predicted octanol–water partition coefficient (Wildman–Crippen LogP) is 7.42. The fraction of sp³-hybridized carbons (Fsp3) is 0.879. The third-order valence-corrected chi connectivity index (χ3v) is 14.0. The standard InChI is InChI=1S/C33H53NO4/c1-20-12-17-33(28(36)34(9)37)19-18-31(7)23(27(33)21(20)2)10-11-25-30(6)15-14-26(38-22(3)35)29(4,5)24(30)13-16-32(25,31)8/h10,20-21,24-27,37H,11-19H2,1-9H3/t20-,21+,24+,25-,26+,27+,30+,31-,32-,33+/m1/s1. The number of hydrogen-bond donors (Lipinski definition) is 1. The first-order valence-corrected chi connectivity index (χ1v) is 15.4. The summed E-state index contributed by atoms with van der Waals surface area (Å²) in [6.07, 6.45) is 11.9. The number of amides is 1. The highest BCUT2D eigenvalue weighted by Gasteiger charge is 2.69. The van der Waals surface area contributed by atoms with Gasteiger partial charge in [-0.05, 0) is 104 Å². The number of carbonyl (C=O) groups excluding carboxylic acids is 2. The van der Waals surface area contributed by atoms with E-state index in [4.69, 9.17) is 4.74 Å². The van der Waals surface area contributed by atoms with Gasteiger partial charge in [0, 0.05) is 19.4 Å². The van der Waals surface area contributed by atoms with Gasteiger partial charge in [-0.3, -0.25) is 14.8 Å². The molecule has 4 fully saturated rings. The minimum absolute atomic E-state index is 0.00549. The molecule has 0 spiro atoms. The van der Waals surface area contributed by atoms with Gasteiger partial charge in [0.05, 0.1) is 5.41 Å². The normalized spacial score (nSPS) is 49.4. The maximum Gasteiger partial charge on any atom is 0.302 e. The van der Waals surface area contributed by atoms with E-state index in [2.05, 4.69) is 54.5 Å². The van der Waals surface area contributed by atoms with Crippen molar-refractivity contribution < 1.29 is 19.5 Å². The molecule has 5 rings (SSSR count). The highest BCUT2D eigenvalue weighted by Crippen LogP contribution is 2.76. The number of rotatable bonds is 2. The summed E-state index contributed by atoms with van der Waals surface area (Å²) in [6, 6.07) is 0. The van der Waals surface area contributed by atoms with Crippen LogP contribution in [0.2, 0.25) is 0 Å². The monoisotopic (exact) mass is 527 g/mol. The van der Waals surface area contributed by atoms with E-state index in [1.807, 2.05) is 0 Å². The van der Waals surface area contributed by atoms with E-state index in [-0.39, 0.29) is 45.6 Å². The lowest BCUT2D eigenvalue weighted by Crippen LogP contribution is -2.66. The van der Waals surface area contributed by atoms with Gasteiger partial charge in [-0.1, -0.05) is 60.1 Å². The number of hydroxylamine groups is 2. The van der Waals surface area contributed by atoms with Crippen molar-refractivity contribution in [2.45, 2.75) is 119 Å². The van der Waals surface area contributed by atoms with Crippen LogP contribution in [0, 0.1) is 56.7 Å². The lowest BCUT2D eigenvalue weighted by atomic mass is 9.33. The highest BCUT2D eigenvalue weighted by molar-refractivity contribution is 5.83. The summed E-state index contributed by atoms with van der Waals surface area (Å²) >= 11 is 0. The summed E-state index contributed by atoms with van der Waals surface area (Å²) in [4.78, 5) is 25.6. The summed E-state index contributed by atoms with van der Waals surface area (Å²) in [5.41, 5.74) is 1.42. The van der Waals surface area contributed by atoms with Gasteiger partial charge >= 0.3 is 5.97 Å². The van der Waals surface area contributed by atoms with Crippen LogP contribution in [0.3, 0.4) is 0 Å². The van der Waals surface area contributed by atoms with Crippen molar-refractivity contribution in [3.63, 3.8) is 0 Å². The van der Waals surface area contributed by atoms with Gasteiger partial charge in [-0.2, -0.15) is 0 Å². The minimum Gasteiger partial charge on any atom is -0.462 e. The van der Waals surface area contributed by atoms with Crippen molar-refractivity contribution in [1.82, 2.24) is 5.06 Å². The molecule has 0 saturated heterocycles. The third kappa shape index (κ3) is 3.51. The van der Waals surface area contributed by atoms with E-state index in [0.29, 0.717) is 23.7 Å². The first-order chi connectivity index (χ1) is 17.6. The zero-order chi connectivity index (χ0) is 28.1. The van der Waals surface area contributed by atoms with E-state index in [1.54, 1.807) is 6.92 Å². The fourth-order valence-corrected chi connectivity index (χ4v) is 11.6. The molecular formula is C33H53NO4. The number of hydrogen-bond acceptors (Lipinski definition) is 4. The molecule has 5 nitrogen and oxygen atoms in total. The summed E-state index contributed by atoms with van der Waals surface area (Å²) in [5, 5.41) is 11.3. The Kier molecular flexibility index (Phi) is 6.54. The minimum atomic E-state index is -0.477. The van der Waals surface area contributed by atoms with Crippen LogP contribution in [0.4, 0.5) is 0 Å². The van der Waals surface area contributed by atoms with E-state index in [9.17, 15) is 14.8 Å². The Morgan fingerprint density at radius 2 is 1.63 bits per heavy atom. The van der Waals surface area contributed by atoms with Crippen molar-refractivity contribution in [2.75, 3.05) is 7.05 Å². The molecule has 0 heterocycles. The second kappa shape index (κ2) is 8.82. The first kappa shape index (κ1) is 28.2. The maximum absolute atomic E-state index is 13.7. The number of esters is 1. The number of allylic oxidation sites excluding steroid dienone is 2. The largest absolute Gasteiger partial charge is 0.462 e. The molecule has 4 saturated carbocycles. The molecule has 5 aliphatic carbocycles. The molecule has 5 heteroatoms.